The summed E-state index contributed by atoms with van der Waals surface area (Å²) >= 11 is 0. The maximum absolute atomic E-state index is 4.66. The fourth-order valence-electron chi connectivity index (χ4n) is 4.06. The first-order valence-electron chi connectivity index (χ1n) is 8.50. The molecule has 0 radical (unpaired) electrons. The van der Waals surface area contributed by atoms with Crippen molar-refractivity contribution in [2.75, 3.05) is 6.54 Å². The van der Waals surface area contributed by atoms with Gasteiger partial charge in [-0.2, -0.15) is 0 Å². The molecule has 2 aliphatic rings. The number of hydrogen-bond donors (Lipinski definition) is 0. The van der Waals surface area contributed by atoms with Crippen LogP contribution in [0.2, 0.25) is 0 Å². The highest BCUT2D eigenvalue weighted by Gasteiger charge is 2.39. The molecule has 2 heteroatoms. The molecule has 1 aromatic heterocycles. The van der Waals surface area contributed by atoms with Gasteiger partial charge in [-0.25, -0.2) is 0 Å². The third-order valence-corrected chi connectivity index (χ3v) is 5.62. The standard InChI is InChI=1S/C21H24N2/c1-14(2)9-11-23-19-8-7-18-16-6-5-10-22-13-21(18,4)15(3)20(23)12-17(16)19/h5-9,12-13,15H,10-11H2,1-4H3/b6-5-,22-13-. The Kier molecular flexibility index (Phi) is 3.12. The van der Waals surface area contributed by atoms with E-state index < -0.39 is 0 Å². The van der Waals surface area contributed by atoms with Crippen molar-refractivity contribution in [2.24, 2.45) is 4.99 Å². The second-order valence-corrected chi connectivity index (χ2v) is 7.32. The normalized spacial score (nSPS) is 27.6. The summed E-state index contributed by atoms with van der Waals surface area (Å²) in [5.74, 6) is 0.410. The zero-order valence-electron chi connectivity index (χ0n) is 14.4. The van der Waals surface area contributed by atoms with Crippen molar-refractivity contribution in [3.05, 3.63) is 52.7 Å². The topological polar surface area (TPSA) is 17.3 Å². The van der Waals surface area contributed by atoms with Crippen LogP contribution in [0.3, 0.4) is 0 Å². The third-order valence-electron chi connectivity index (χ3n) is 5.62. The van der Waals surface area contributed by atoms with Crippen LogP contribution in [-0.2, 0) is 12.0 Å². The van der Waals surface area contributed by atoms with Crippen molar-refractivity contribution in [3.8, 4) is 0 Å². The molecule has 5 bridgehead atoms. The van der Waals surface area contributed by atoms with E-state index in [0.29, 0.717) is 5.92 Å². The summed E-state index contributed by atoms with van der Waals surface area (Å²) in [6, 6.07) is 7.02. The molecule has 0 fully saturated rings. The highest BCUT2D eigenvalue weighted by molar-refractivity contribution is 5.96. The van der Waals surface area contributed by atoms with E-state index in [4.69, 9.17) is 0 Å². The number of allylic oxidation sites excluding steroid dienone is 2. The summed E-state index contributed by atoms with van der Waals surface area (Å²) < 4.78 is 2.49. The summed E-state index contributed by atoms with van der Waals surface area (Å²) in [4.78, 5) is 4.66. The maximum atomic E-state index is 4.66. The van der Waals surface area contributed by atoms with Crippen molar-refractivity contribution in [3.63, 3.8) is 0 Å². The number of hydrogen-bond acceptors (Lipinski definition) is 1. The van der Waals surface area contributed by atoms with E-state index in [2.05, 4.69) is 79.9 Å². The predicted molar refractivity (Wildman–Crippen MR) is 99.5 cm³/mol. The number of benzene rings is 1. The van der Waals surface area contributed by atoms with Crippen LogP contribution in [0.1, 0.15) is 50.4 Å². The number of fused-ring (bicyclic) bond motifs is 1. The van der Waals surface area contributed by atoms with Crippen LogP contribution in [0.15, 0.2) is 40.9 Å². The first kappa shape index (κ1) is 14.5. The Labute approximate surface area is 138 Å². The van der Waals surface area contributed by atoms with Gasteiger partial charge < -0.3 is 4.57 Å². The quantitative estimate of drug-likeness (QED) is 0.688. The first-order valence-corrected chi connectivity index (χ1v) is 8.50. The van der Waals surface area contributed by atoms with Crippen molar-refractivity contribution >= 4 is 23.2 Å². The Bertz CT molecular complexity index is 875. The second kappa shape index (κ2) is 4.95. The van der Waals surface area contributed by atoms with E-state index >= 15 is 0 Å². The van der Waals surface area contributed by atoms with Crippen molar-refractivity contribution in [1.82, 2.24) is 4.57 Å². The minimum Gasteiger partial charge on any atom is -0.340 e. The van der Waals surface area contributed by atoms with Gasteiger partial charge in [-0.1, -0.05) is 36.8 Å². The van der Waals surface area contributed by atoms with Gasteiger partial charge in [0.05, 0.1) is 6.54 Å². The molecule has 2 nitrogen and oxygen atoms in total. The van der Waals surface area contributed by atoms with Crippen molar-refractivity contribution < 1.29 is 0 Å². The van der Waals surface area contributed by atoms with Crippen LogP contribution >= 0.6 is 0 Å². The lowest BCUT2D eigenvalue weighted by Gasteiger charge is -2.36. The molecule has 23 heavy (non-hydrogen) atoms. The molecule has 2 unspecified atom stereocenters. The average Bonchev–Trinajstić information content (AvgIpc) is 2.85. The smallest absolute Gasteiger partial charge is 0.0570 e. The highest BCUT2D eigenvalue weighted by Crippen LogP contribution is 2.47. The van der Waals surface area contributed by atoms with Crippen LogP contribution in [0.25, 0.3) is 17.0 Å². The second-order valence-electron chi connectivity index (χ2n) is 7.32. The van der Waals surface area contributed by atoms with Crippen LogP contribution < -0.4 is 0 Å². The summed E-state index contributed by atoms with van der Waals surface area (Å²) in [6.45, 7) is 10.8. The molecular formula is C21H24N2. The van der Waals surface area contributed by atoms with Gasteiger partial charge in [-0.3, -0.25) is 4.99 Å². The summed E-state index contributed by atoms with van der Waals surface area (Å²) in [7, 11) is 0. The summed E-state index contributed by atoms with van der Waals surface area (Å²) in [5.41, 5.74) is 6.90. The van der Waals surface area contributed by atoms with Crippen LogP contribution in [0.4, 0.5) is 0 Å². The van der Waals surface area contributed by atoms with Crippen LogP contribution in [0.5, 0.6) is 0 Å². The van der Waals surface area contributed by atoms with Crippen LogP contribution in [-0.4, -0.2) is 17.3 Å². The van der Waals surface area contributed by atoms with Gasteiger partial charge in [-0.15, -0.1) is 0 Å². The molecule has 2 heterocycles. The van der Waals surface area contributed by atoms with E-state index in [1.807, 2.05) is 0 Å². The Hall–Kier alpha value is -2.09. The summed E-state index contributed by atoms with van der Waals surface area (Å²) in [5, 5.41) is 1.39. The van der Waals surface area contributed by atoms with Crippen molar-refractivity contribution in [2.45, 2.75) is 45.6 Å². The molecular weight excluding hydrogens is 280 g/mol. The molecule has 1 aliphatic heterocycles. The van der Waals surface area contributed by atoms with E-state index in [-0.39, 0.29) is 5.41 Å². The highest BCUT2D eigenvalue weighted by atomic mass is 15.0. The number of rotatable bonds is 2. The molecule has 4 rings (SSSR count). The molecule has 0 saturated carbocycles. The third kappa shape index (κ3) is 1.97. The monoisotopic (exact) mass is 304 g/mol. The lowest BCUT2D eigenvalue weighted by molar-refractivity contribution is 0.505. The molecule has 1 aromatic carbocycles. The van der Waals surface area contributed by atoms with Gasteiger partial charge in [0.25, 0.3) is 0 Å². The minimum atomic E-state index is -0.0423. The average molecular weight is 304 g/mol. The van der Waals surface area contributed by atoms with E-state index in [9.17, 15) is 0 Å². The Morgan fingerprint density at radius 1 is 1.39 bits per heavy atom. The van der Waals surface area contributed by atoms with Gasteiger partial charge >= 0.3 is 0 Å². The predicted octanol–water partition coefficient (Wildman–Crippen LogP) is 5.08. The first-order chi connectivity index (χ1) is 11.0. The van der Waals surface area contributed by atoms with Gasteiger partial charge in [-0.05, 0) is 44.0 Å². The molecule has 0 N–H and O–H groups in total. The Morgan fingerprint density at radius 3 is 3.00 bits per heavy atom. The molecule has 0 amide bonds. The molecule has 1 aliphatic carbocycles. The van der Waals surface area contributed by atoms with E-state index in [0.717, 1.165) is 13.1 Å². The fourth-order valence-corrected chi connectivity index (χ4v) is 4.06. The molecule has 118 valence electrons. The van der Waals surface area contributed by atoms with Crippen molar-refractivity contribution in [1.29, 1.82) is 0 Å². The van der Waals surface area contributed by atoms with Gasteiger partial charge in [0.15, 0.2) is 0 Å². The van der Waals surface area contributed by atoms with Gasteiger partial charge in [0.2, 0.25) is 0 Å². The number of aliphatic imine (C=N–C) groups is 1. The Balaban J connectivity index is 2.07. The molecule has 0 spiro atoms. The summed E-state index contributed by atoms with van der Waals surface area (Å²) in [6.07, 6.45) is 8.96. The minimum absolute atomic E-state index is 0.0423. The largest absolute Gasteiger partial charge is 0.340 e. The number of aromatic nitrogens is 1. The zero-order valence-corrected chi connectivity index (χ0v) is 14.4. The van der Waals surface area contributed by atoms with E-state index in [1.54, 1.807) is 0 Å². The fraction of sp³-hybridized carbons (Fsp3) is 0.381. The molecule has 2 aromatic rings. The lowest BCUT2D eigenvalue weighted by atomic mass is 9.70. The SMILES string of the molecule is CC(C)=CCn1c2cc3c4c(ccc31)C(C)(/C=N\C/C=C\4)C2C. The Morgan fingerprint density at radius 2 is 2.22 bits per heavy atom. The number of nitrogens with zero attached hydrogens (tertiary/aromatic N) is 2. The molecule has 0 saturated heterocycles. The zero-order chi connectivity index (χ0) is 16.2. The van der Waals surface area contributed by atoms with Gasteiger partial charge in [0, 0.05) is 40.7 Å². The maximum Gasteiger partial charge on any atom is 0.0570 e. The van der Waals surface area contributed by atoms with E-state index in [1.165, 1.54) is 33.3 Å². The van der Waals surface area contributed by atoms with Crippen LogP contribution in [0, 0.1) is 0 Å². The molecule has 2 atom stereocenters. The lowest BCUT2D eigenvalue weighted by Crippen LogP contribution is -2.33. The van der Waals surface area contributed by atoms with Gasteiger partial charge in [0.1, 0.15) is 0 Å².